The van der Waals surface area contributed by atoms with Gasteiger partial charge in [-0.3, -0.25) is 19.2 Å². The fraction of sp³-hybridized carbons (Fsp3) is 0.600. The molecule has 0 unspecified atom stereocenters. The highest BCUT2D eigenvalue weighted by Gasteiger charge is 2.27. The Hall–Kier alpha value is -1.89. The Morgan fingerprint density at radius 3 is 2.00 bits per heavy atom. The quantitative estimate of drug-likeness (QED) is 0.681. The number of rotatable bonds is 9. The predicted molar refractivity (Wildman–Crippen MR) is 110 cm³/mol. The number of hydrogen-bond acceptors (Lipinski definition) is 4. The SMILES string of the molecule is CCCS(=O)(=O)Nc1cccc(N(C(=O)CC(C)C)C(=O)CC(C)C)c1C. The Morgan fingerprint density at radius 1 is 1.04 bits per heavy atom. The van der Waals surface area contributed by atoms with Gasteiger partial charge in [-0.15, -0.1) is 0 Å². The van der Waals surface area contributed by atoms with Crippen LogP contribution in [0.5, 0.6) is 0 Å². The molecule has 1 aromatic rings. The third-order valence-corrected chi connectivity index (χ3v) is 5.43. The second kappa shape index (κ2) is 9.88. The number of anilines is 2. The number of carbonyl (C=O) groups excluding carboxylic acids is 2. The van der Waals surface area contributed by atoms with Gasteiger partial charge in [0.05, 0.1) is 17.1 Å². The summed E-state index contributed by atoms with van der Waals surface area (Å²) in [4.78, 5) is 26.8. The Morgan fingerprint density at radius 2 is 1.56 bits per heavy atom. The number of benzene rings is 1. The summed E-state index contributed by atoms with van der Waals surface area (Å²) in [6.07, 6.45) is 0.990. The van der Waals surface area contributed by atoms with Crippen molar-refractivity contribution in [3.8, 4) is 0 Å². The van der Waals surface area contributed by atoms with Crippen molar-refractivity contribution in [2.45, 2.75) is 60.8 Å². The van der Waals surface area contributed by atoms with Gasteiger partial charge in [0.1, 0.15) is 0 Å². The van der Waals surface area contributed by atoms with Crippen molar-refractivity contribution in [3.05, 3.63) is 23.8 Å². The van der Waals surface area contributed by atoms with E-state index in [4.69, 9.17) is 0 Å². The molecule has 0 aliphatic carbocycles. The van der Waals surface area contributed by atoms with Crippen molar-refractivity contribution in [1.82, 2.24) is 0 Å². The highest BCUT2D eigenvalue weighted by atomic mass is 32.2. The molecule has 27 heavy (non-hydrogen) atoms. The number of sulfonamides is 1. The van der Waals surface area contributed by atoms with E-state index in [1.54, 1.807) is 32.0 Å². The van der Waals surface area contributed by atoms with Crippen LogP contribution in [0.2, 0.25) is 0 Å². The maximum atomic E-state index is 12.8. The molecule has 0 bridgehead atoms. The minimum absolute atomic E-state index is 0.0128. The van der Waals surface area contributed by atoms with E-state index in [-0.39, 0.29) is 42.2 Å². The van der Waals surface area contributed by atoms with Crippen LogP contribution in [0.3, 0.4) is 0 Å². The Bertz CT molecular complexity index is 748. The van der Waals surface area contributed by atoms with Gasteiger partial charge in [0, 0.05) is 12.8 Å². The van der Waals surface area contributed by atoms with Crippen LogP contribution >= 0.6 is 0 Å². The molecule has 2 amide bonds. The van der Waals surface area contributed by atoms with E-state index in [0.717, 1.165) is 0 Å². The average molecular weight is 397 g/mol. The molecule has 0 aliphatic rings. The summed E-state index contributed by atoms with van der Waals surface area (Å²) < 4.78 is 26.8. The molecule has 1 rings (SSSR count). The summed E-state index contributed by atoms with van der Waals surface area (Å²) in [6.45, 7) is 11.2. The first-order valence-electron chi connectivity index (χ1n) is 9.44. The summed E-state index contributed by atoms with van der Waals surface area (Å²) in [5, 5.41) is 0. The number of imide groups is 1. The first kappa shape index (κ1) is 23.1. The molecule has 0 fully saturated rings. The van der Waals surface area contributed by atoms with Crippen LogP contribution in [0.25, 0.3) is 0 Å². The van der Waals surface area contributed by atoms with Crippen LogP contribution in [-0.4, -0.2) is 26.0 Å². The Kier molecular flexibility index (Phi) is 8.47. The van der Waals surface area contributed by atoms with Crippen LogP contribution in [0.15, 0.2) is 18.2 Å². The maximum Gasteiger partial charge on any atom is 0.234 e. The number of carbonyl (C=O) groups is 2. The fourth-order valence-electron chi connectivity index (χ4n) is 2.75. The van der Waals surface area contributed by atoms with Crippen LogP contribution < -0.4 is 9.62 Å². The van der Waals surface area contributed by atoms with Gasteiger partial charge in [-0.05, 0) is 42.9 Å². The number of nitrogens with one attached hydrogen (secondary N) is 1. The predicted octanol–water partition coefficient (Wildman–Crippen LogP) is 4.10. The summed E-state index contributed by atoms with van der Waals surface area (Å²) in [7, 11) is -3.47. The lowest BCUT2D eigenvalue weighted by atomic mass is 10.0. The first-order chi connectivity index (χ1) is 12.5. The molecule has 0 aliphatic heterocycles. The van der Waals surface area contributed by atoms with Crippen molar-refractivity contribution < 1.29 is 18.0 Å². The normalized spacial score (nSPS) is 11.7. The van der Waals surface area contributed by atoms with Gasteiger partial charge in [0.15, 0.2) is 0 Å². The van der Waals surface area contributed by atoms with Crippen LogP contribution in [-0.2, 0) is 19.6 Å². The second-order valence-corrected chi connectivity index (χ2v) is 9.53. The minimum atomic E-state index is -3.47. The van der Waals surface area contributed by atoms with Crippen molar-refractivity contribution >= 4 is 33.2 Å². The van der Waals surface area contributed by atoms with Gasteiger partial charge in [-0.2, -0.15) is 0 Å². The molecular formula is C20H32N2O4S. The maximum absolute atomic E-state index is 12.8. The fourth-order valence-corrected chi connectivity index (χ4v) is 3.95. The zero-order valence-electron chi connectivity index (χ0n) is 17.2. The summed E-state index contributed by atoms with van der Waals surface area (Å²) in [6, 6.07) is 4.98. The molecular weight excluding hydrogens is 364 g/mol. The van der Waals surface area contributed by atoms with E-state index in [9.17, 15) is 18.0 Å². The largest absolute Gasteiger partial charge is 0.283 e. The molecule has 1 aromatic carbocycles. The van der Waals surface area contributed by atoms with E-state index in [2.05, 4.69) is 4.72 Å². The molecule has 152 valence electrons. The van der Waals surface area contributed by atoms with Crippen molar-refractivity contribution in [2.75, 3.05) is 15.4 Å². The lowest BCUT2D eigenvalue weighted by Gasteiger charge is -2.25. The molecule has 6 nitrogen and oxygen atoms in total. The summed E-state index contributed by atoms with van der Waals surface area (Å²) in [5.74, 6) is -0.310. The number of nitrogens with zero attached hydrogens (tertiary/aromatic N) is 1. The zero-order valence-corrected chi connectivity index (χ0v) is 18.0. The van der Waals surface area contributed by atoms with E-state index < -0.39 is 10.0 Å². The lowest BCUT2D eigenvalue weighted by Crippen LogP contribution is -2.38. The van der Waals surface area contributed by atoms with Gasteiger partial charge in [-0.25, -0.2) is 8.42 Å². The second-order valence-electron chi connectivity index (χ2n) is 7.69. The van der Waals surface area contributed by atoms with Gasteiger partial charge in [0.2, 0.25) is 21.8 Å². The van der Waals surface area contributed by atoms with Crippen molar-refractivity contribution in [1.29, 1.82) is 0 Å². The van der Waals surface area contributed by atoms with Crippen LogP contribution in [0, 0.1) is 18.8 Å². The van der Waals surface area contributed by atoms with Crippen LogP contribution in [0.1, 0.15) is 59.4 Å². The van der Waals surface area contributed by atoms with Gasteiger partial charge in [-0.1, -0.05) is 40.7 Å². The Labute approximate surface area is 163 Å². The molecule has 0 heterocycles. The number of amides is 2. The summed E-state index contributed by atoms with van der Waals surface area (Å²) >= 11 is 0. The molecule has 1 N–H and O–H groups in total. The smallest absolute Gasteiger partial charge is 0.234 e. The van der Waals surface area contributed by atoms with E-state index in [1.165, 1.54) is 4.90 Å². The van der Waals surface area contributed by atoms with Gasteiger partial charge < -0.3 is 0 Å². The zero-order chi connectivity index (χ0) is 20.8. The molecule has 0 spiro atoms. The topological polar surface area (TPSA) is 83.6 Å². The average Bonchev–Trinajstić information content (AvgIpc) is 2.49. The molecule has 7 heteroatoms. The highest BCUT2D eigenvalue weighted by molar-refractivity contribution is 7.92. The molecule has 0 aromatic heterocycles. The minimum Gasteiger partial charge on any atom is -0.283 e. The van der Waals surface area contributed by atoms with E-state index in [0.29, 0.717) is 23.4 Å². The third-order valence-electron chi connectivity index (χ3n) is 3.95. The molecule has 0 saturated heterocycles. The highest BCUT2D eigenvalue weighted by Crippen LogP contribution is 2.29. The Balaban J connectivity index is 3.35. The molecule has 0 radical (unpaired) electrons. The lowest BCUT2D eigenvalue weighted by molar-refractivity contribution is -0.127. The van der Waals surface area contributed by atoms with Crippen molar-refractivity contribution in [3.63, 3.8) is 0 Å². The molecule has 0 atom stereocenters. The monoisotopic (exact) mass is 396 g/mol. The van der Waals surface area contributed by atoms with Gasteiger partial charge >= 0.3 is 0 Å². The van der Waals surface area contributed by atoms with E-state index >= 15 is 0 Å². The standard InChI is InChI=1S/C20H32N2O4S/c1-7-11-27(25,26)21-17-9-8-10-18(16(17)6)22(19(23)12-14(2)3)20(24)13-15(4)5/h8-10,14-15,21H,7,11-13H2,1-6H3. The molecule has 0 saturated carbocycles. The van der Waals surface area contributed by atoms with Gasteiger partial charge in [0.25, 0.3) is 0 Å². The first-order valence-corrected chi connectivity index (χ1v) is 11.1. The van der Waals surface area contributed by atoms with Crippen molar-refractivity contribution in [2.24, 2.45) is 11.8 Å². The van der Waals surface area contributed by atoms with E-state index in [1.807, 2.05) is 27.7 Å². The number of hydrogen-bond donors (Lipinski definition) is 1. The van der Waals surface area contributed by atoms with Crippen LogP contribution in [0.4, 0.5) is 11.4 Å². The third kappa shape index (κ3) is 6.97. The summed E-state index contributed by atoms with van der Waals surface area (Å²) in [5.41, 5.74) is 1.38.